The molecule has 1 amide bonds. The largest absolute Gasteiger partial charge is 0.493 e. The highest BCUT2D eigenvalue weighted by molar-refractivity contribution is 5.82. The van der Waals surface area contributed by atoms with Gasteiger partial charge in [0.15, 0.2) is 11.5 Å². The first kappa shape index (κ1) is 18.1. The molecule has 0 spiro atoms. The van der Waals surface area contributed by atoms with Crippen molar-refractivity contribution in [2.24, 2.45) is 5.10 Å². The van der Waals surface area contributed by atoms with Crippen LogP contribution in [0.5, 0.6) is 11.5 Å². The smallest absolute Gasteiger partial charge is 0.263 e. The zero-order chi connectivity index (χ0) is 19.1. The van der Waals surface area contributed by atoms with Crippen LogP contribution >= 0.6 is 0 Å². The molecule has 0 aliphatic rings. The number of hydrogen-bond acceptors (Lipinski definition) is 7. The minimum atomic E-state index is -0.363. The van der Waals surface area contributed by atoms with E-state index >= 15 is 0 Å². The van der Waals surface area contributed by atoms with Crippen molar-refractivity contribution in [2.75, 3.05) is 14.2 Å². The van der Waals surface area contributed by atoms with Crippen LogP contribution in [0.4, 0.5) is 0 Å². The van der Waals surface area contributed by atoms with Crippen LogP contribution in [-0.2, 0) is 11.3 Å². The highest BCUT2D eigenvalue weighted by Crippen LogP contribution is 2.30. The van der Waals surface area contributed by atoms with Crippen molar-refractivity contribution in [1.82, 2.24) is 25.6 Å². The Kier molecular flexibility index (Phi) is 5.73. The third-order valence-electron chi connectivity index (χ3n) is 3.58. The van der Waals surface area contributed by atoms with Crippen LogP contribution in [0, 0.1) is 0 Å². The number of amides is 1. The van der Waals surface area contributed by atoms with Gasteiger partial charge < -0.3 is 9.47 Å². The maximum atomic E-state index is 11.9. The lowest BCUT2D eigenvalue weighted by atomic mass is 10.2. The van der Waals surface area contributed by atoms with Crippen LogP contribution in [0.25, 0.3) is 11.4 Å². The van der Waals surface area contributed by atoms with E-state index in [9.17, 15) is 4.79 Å². The van der Waals surface area contributed by atoms with E-state index in [0.29, 0.717) is 22.9 Å². The van der Waals surface area contributed by atoms with Crippen molar-refractivity contribution in [1.29, 1.82) is 0 Å². The van der Waals surface area contributed by atoms with Crippen LogP contribution in [0.2, 0.25) is 0 Å². The molecule has 0 unspecified atom stereocenters. The highest BCUT2D eigenvalue weighted by Gasteiger charge is 2.12. The van der Waals surface area contributed by atoms with E-state index in [2.05, 4.69) is 25.9 Å². The SMILES string of the molecule is COc1ccc(-c2nnn(CC(=O)N/N=C\c3ccccc3)n2)cc1OC. The number of rotatable bonds is 7. The summed E-state index contributed by atoms with van der Waals surface area (Å²) in [6, 6.07) is 14.7. The number of tetrazole rings is 1. The topological polar surface area (TPSA) is 104 Å². The molecule has 0 radical (unpaired) electrons. The second-order valence-electron chi connectivity index (χ2n) is 5.42. The first-order valence-electron chi connectivity index (χ1n) is 8.07. The molecule has 1 heterocycles. The minimum Gasteiger partial charge on any atom is -0.493 e. The van der Waals surface area contributed by atoms with E-state index in [1.165, 1.54) is 4.80 Å². The van der Waals surface area contributed by atoms with Crippen molar-refractivity contribution in [3.05, 3.63) is 54.1 Å². The van der Waals surface area contributed by atoms with Crippen LogP contribution in [0.3, 0.4) is 0 Å². The number of nitrogens with zero attached hydrogens (tertiary/aromatic N) is 5. The second kappa shape index (κ2) is 8.56. The van der Waals surface area contributed by atoms with Crippen molar-refractivity contribution < 1.29 is 14.3 Å². The molecule has 0 bridgehead atoms. The average Bonchev–Trinajstić information content (AvgIpc) is 3.16. The normalized spacial score (nSPS) is 10.7. The number of methoxy groups -OCH3 is 2. The molecule has 0 saturated carbocycles. The van der Waals surface area contributed by atoms with Gasteiger partial charge in [-0.05, 0) is 29.0 Å². The summed E-state index contributed by atoms with van der Waals surface area (Å²) >= 11 is 0. The Labute approximate surface area is 155 Å². The molecule has 1 N–H and O–H groups in total. The fourth-order valence-corrected chi connectivity index (χ4v) is 2.28. The summed E-state index contributed by atoms with van der Waals surface area (Å²) in [6.07, 6.45) is 1.56. The summed E-state index contributed by atoms with van der Waals surface area (Å²) in [5.41, 5.74) is 4.00. The zero-order valence-corrected chi connectivity index (χ0v) is 14.9. The summed E-state index contributed by atoms with van der Waals surface area (Å²) in [7, 11) is 3.11. The molecule has 9 nitrogen and oxygen atoms in total. The predicted octanol–water partition coefficient (Wildman–Crippen LogP) is 1.51. The number of hydrazone groups is 1. The van der Waals surface area contributed by atoms with Gasteiger partial charge in [0, 0.05) is 5.56 Å². The van der Waals surface area contributed by atoms with Gasteiger partial charge in [-0.15, -0.1) is 10.2 Å². The maximum absolute atomic E-state index is 11.9. The molecule has 3 rings (SSSR count). The van der Waals surface area contributed by atoms with Gasteiger partial charge in [0.05, 0.1) is 20.4 Å². The lowest BCUT2D eigenvalue weighted by Gasteiger charge is -2.07. The number of ether oxygens (including phenoxy) is 2. The van der Waals surface area contributed by atoms with Gasteiger partial charge in [-0.1, -0.05) is 30.3 Å². The Bertz CT molecular complexity index is 939. The summed E-state index contributed by atoms with van der Waals surface area (Å²) in [4.78, 5) is 13.1. The van der Waals surface area contributed by atoms with Crippen LogP contribution in [0.15, 0.2) is 53.6 Å². The highest BCUT2D eigenvalue weighted by atomic mass is 16.5. The van der Waals surface area contributed by atoms with E-state index in [-0.39, 0.29) is 12.5 Å². The fourth-order valence-electron chi connectivity index (χ4n) is 2.28. The number of hydrogen-bond donors (Lipinski definition) is 1. The molecule has 138 valence electrons. The second-order valence-corrected chi connectivity index (χ2v) is 5.42. The first-order valence-corrected chi connectivity index (χ1v) is 8.07. The maximum Gasteiger partial charge on any atom is 0.263 e. The van der Waals surface area contributed by atoms with Gasteiger partial charge in [-0.25, -0.2) is 5.43 Å². The van der Waals surface area contributed by atoms with E-state index in [0.717, 1.165) is 5.56 Å². The first-order chi connectivity index (χ1) is 13.2. The van der Waals surface area contributed by atoms with Crippen molar-refractivity contribution >= 4 is 12.1 Å². The van der Waals surface area contributed by atoms with Gasteiger partial charge in [0.25, 0.3) is 5.91 Å². The van der Waals surface area contributed by atoms with E-state index in [1.807, 2.05) is 30.3 Å². The van der Waals surface area contributed by atoms with Crippen molar-refractivity contribution in [3.8, 4) is 22.9 Å². The molecular formula is C18H18N6O3. The Morgan fingerprint density at radius 1 is 1.15 bits per heavy atom. The number of nitrogens with one attached hydrogen (secondary N) is 1. The molecule has 2 aromatic carbocycles. The number of benzene rings is 2. The van der Waals surface area contributed by atoms with Gasteiger partial charge in [-0.3, -0.25) is 4.79 Å². The standard InChI is InChI=1S/C18H18N6O3/c1-26-15-9-8-14(10-16(15)27-2)18-21-23-24(22-18)12-17(25)20-19-11-13-6-4-3-5-7-13/h3-11H,12H2,1-2H3,(H,20,25)/b19-11-. The number of carbonyl (C=O) groups is 1. The Morgan fingerprint density at radius 3 is 2.67 bits per heavy atom. The summed E-state index contributed by atoms with van der Waals surface area (Å²) in [6.45, 7) is -0.105. The fraction of sp³-hybridized carbons (Fsp3) is 0.167. The van der Waals surface area contributed by atoms with Crippen molar-refractivity contribution in [2.45, 2.75) is 6.54 Å². The van der Waals surface area contributed by atoms with Gasteiger partial charge in [-0.2, -0.15) is 9.90 Å². The molecular weight excluding hydrogens is 348 g/mol. The minimum absolute atomic E-state index is 0.105. The van der Waals surface area contributed by atoms with Gasteiger partial charge in [0.2, 0.25) is 5.82 Å². The molecule has 0 fully saturated rings. The molecule has 0 atom stereocenters. The Morgan fingerprint density at radius 2 is 1.93 bits per heavy atom. The molecule has 9 heteroatoms. The Hall–Kier alpha value is -3.75. The lowest BCUT2D eigenvalue weighted by Crippen LogP contribution is -2.24. The zero-order valence-electron chi connectivity index (χ0n) is 14.9. The third-order valence-corrected chi connectivity index (χ3v) is 3.58. The summed E-state index contributed by atoms with van der Waals surface area (Å²) in [5, 5.41) is 16.0. The quantitative estimate of drug-likeness (QED) is 0.502. The van der Waals surface area contributed by atoms with Crippen LogP contribution < -0.4 is 14.9 Å². The molecule has 3 aromatic rings. The average molecular weight is 366 g/mol. The van der Waals surface area contributed by atoms with Gasteiger partial charge in [0.1, 0.15) is 6.54 Å². The molecule has 27 heavy (non-hydrogen) atoms. The molecule has 0 aliphatic heterocycles. The monoisotopic (exact) mass is 366 g/mol. The van der Waals surface area contributed by atoms with Crippen LogP contribution in [0.1, 0.15) is 5.56 Å². The summed E-state index contributed by atoms with van der Waals surface area (Å²) in [5.74, 6) is 1.17. The number of aromatic nitrogens is 4. The van der Waals surface area contributed by atoms with Crippen LogP contribution in [-0.4, -0.2) is 46.5 Å². The third kappa shape index (κ3) is 4.66. The molecule has 0 aliphatic carbocycles. The van der Waals surface area contributed by atoms with Crippen molar-refractivity contribution in [3.63, 3.8) is 0 Å². The van der Waals surface area contributed by atoms with E-state index < -0.39 is 0 Å². The van der Waals surface area contributed by atoms with E-state index in [1.54, 1.807) is 38.6 Å². The van der Waals surface area contributed by atoms with Gasteiger partial charge >= 0.3 is 0 Å². The summed E-state index contributed by atoms with van der Waals surface area (Å²) < 4.78 is 10.5. The lowest BCUT2D eigenvalue weighted by molar-refractivity contribution is -0.122. The number of carbonyl (C=O) groups excluding carboxylic acids is 1. The predicted molar refractivity (Wildman–Crippen MR) is 98.5 cm³/mol. The molecule has 0 saturated heterocycles. The van der Waals surface area contributed by atoms with E-state index in [4.69, 9.17) is 9.47 Å². The Balaban J connectivity index is 1.62. The molecule has 1 aromatic heterocycles.